The number of ether oxygens (including phenoxy) is 2. The van der Waals surface area contributed by atoms with Gasteiger partial charge in [0.15, 0.2) is 0 Å². The zero-order valence-electron chi connectivity index (χ0n) is 17.3. The Balaban J connectivity index is 1.81. The van der Waals surface area contributed by atoms with Crippen molar-refractivity contribution in [3.63, 3.8) is 0 Å². The molecular weight excluding hydrogens is 402 g/mol. The van der Waals surface area contributed by atoms with E-state index < -0.39 is 0 Å². The minimum atomic E-state index is 0.524. The van der Waals surface area contributed by atoms with Crippen molar-refractivity contribution in [2.75, 3.05) is 25.7 Å². The molecule has 0 aliphatic heterocycles. The first-order valence-electron chi connectivity index (χ1n) is 9.49. The van der Waals surface area contributed by atoms with Gasteiger partial charge in [0.25, 0.3) is 0 Å². The summed E-state index contributed by atoms with van der Waals surface area (Å²) < 4.78 is 12.6. The van der Waals surface area contributed by atoms with Crippen molar-refractivity contribution < 1.29 is 9.47 Å². The predicted octanol–water partition coefficient (Wildman–Crippen LogP) is 4.86. The van der Waals surface area contributed by atoms with Crippen LogP contribution in [0.1, 0.15) is 6.92 Å². The quantitative estimate of drug-likeness (QED) is 0.441. The number of hydrogen-bond acceptors (Lipinski definition) is 6. The minimum Gasteiger partial charge on any atom is -0.497 e. The Morgan fingerprint density at radius 2 is 1.90 bits per heavy atom. The van der Waals surface area contributed by atoms with Crippen LogP contribution in [0.3, 0.4) is 0 Å². The van der Waals surface area contributed by atoms with Gasteiger partial charge in [0.2, 0.25) is 0 Å². The van der Waals surface area contributed by atoms with E-state index in [4.69, 9.17) is 26.1 Å². The molecule has 4 rings (SSSR count). The van der Waals surface area contributed by atoms with Gasteiger partial charge in [-0.25, -0.2) is 4.98 Å². The highest BCUT2D eigenvalue weighted by atomic mass is 35.5. The van der Waals surface area contributed by atoms with Crippen molar-refractivity contribution in [3.8, 4) is 22.8 Å². The molecule has 2 aromatic heterocycles. The average Bonchev–Trinajstić information content (AvgIpc) is 3.21. The molecule has 7 nitrogen and oxygen atoms in total. The molecule has 2 aromatic carbocycles. The molecule has 0 aliphatic carbocycles. The smallest absolute Gasteiger partial charge is 0.143 e. The molecular formula is C22H22ClN5O2. The van der Waals surface area contributed by atoms with Gasteiger partial charge in [0, 0.05) is 43.2 Å². The van der Waals surface area contributed by atoms with E-state index in [1.807, 2.05) is 37.5 Å². The molecule has 0 fully saturated rings. The fourth-order valence-electron chi connectivity index (χ4n) is 3.37. The summed E-state index contributed by atoms with van der Waals surface area (Å²) >= 11 is 6.63. The summed E-state index contributed by atoms with van der Waals surface area (Å²) in [4.78, 5) is 11.4. The van der Waals surface area contributed by atoms with Crippen LogP contribution in [0.25, 0.3) is 22.3 Å². The largest absolute Gasteiger partial charge is 0.497 e. The van der Waals surface area contributed by atoms with E-state index in [0.717, 1.165) is 33.7 Å². The van der Waals surface area contributed by atoms with Crippen molar-refractivity contribution >= 4 is 34.0 Å². The number of anilines is 2. The molecule has 0 radical (unpaired) electrons. The third kappa shape index (κ3) is 3.64. The summed E-state index contributed by atoms with van der Waals surface area (Å²) in [5, 5.41) is 4.74. The molecule has 0 aliphatic rings. The Bertz CT molecular complexity index is 1210. The van der Waals surface area contributed by atoms with Crippen molar-refractivity contribution in [2.24, 2.45) is 7.05 Å². The van der Waals surface area contributed by atoms with E-state index in [1.54, 1.807) is 37.4 Å². The molecule has 8 heteroatoms. The summed E-state index contributed by atoms with van der Waals surface area (Å²) in [6.07, 6.45) is 5.46. The molecule has 2 heterocycles. The normalized spacial score (nSPS) is 11.0. The van der Waals surface area contributed by atoms with Gasteiger partial charge in [0.1, 0.15) is 16.5 Å². The van der Waals surface area contributed by atoms with Crippen molar-refractivity contribution in [1.29, 1.82) is 0 Å². The lowest BCUT2D eigenvalue weighted by Gasteiger charge is -2.26. The first kappa shape index (κ1) is 20.0. The van der Waals surface area contributed by atoms with Crippen molar-refractivity contribution in [2.45, 2.75) is 6.92 Å². The Morgan fingerprint density at radius 3 is 2.57 bits per heavy atom. The molecule has 0 amide bonds. The highest BCUT2D eigenvalue weighted by Gasteiger charge is 2.18. The molecule has 0 atom stereocenters. The van der Waals surface area contributed by atoms with E-state index in [9.17, 15) is 0 Å². The maximum atomic E-state index is 6.63. The lowest BCUT2D eigenvalue weighted by atomic mass is 10.2. The second-order valence-corrected chi connectivity index (χ2v) is 7.12. The van der Waals surface area contributed by atoms with Gasteiger partial charge < -0.3 is 14.4 Å². The van der Waals surface area contributed by atoms with E-state index >= 15 is 0 Å². The molecule has 4 aromatic rings. The van der Waals surface area contributed by atoms with Crippen LogP contribution in [0.5, 0.6) is 11.5 Å². The number of aromatic nitrogens is 4. The summed E-state index contributed by atoms with van der Waals surface area (Å²) in [6, 6.07) is 9.64. The average molecular weight is 424 g/mol. The van der Waals surface area contributed by atoms with Crippen molar-refractivity contribution in [1.82, 2.24) is 19.7 Å². The number of aryl methyl sites for hydroxylation is 1. The molecule has 0 unspecified atom stereocenters. The predicted molar refractivity (Wildman–Crippen MR) is 119 cm³/mol. The number of nitrogens with zero attached hydrogens (tertiary/aromatic N) is 5. The lowest BCUT2D eigenvalue weighted by Crippen LogP contribution is -2.17. The van der Waals surface area contributed by atoms with E-state index in [0.29, 0.717) is 23.1 Å². The first-order chi connectivity index (χ1) is 14.5. The fourth-order valence-corrected chi connectivity index (χ4v) is 3.66. The van der Waals surface area contributed by atoms with Crippen LogP contribution >= 0.6 is 11.6 Å². The lowest BCUT2D eigenvalue weighted by molar-refractivity contribution is 0.394. The van der Waals surface area contributed by atoms with Crippen LogP contribution in [0.15, 0.2) is 48.9 Å². The van der Waals surface area contributed by atoms with Crippen LogP contribution < -0.4 is 14.4 Å². The molecule has 0 saturated carbocycles. The van der Waals surface area contributed by atoms with Gasteiger partial charge in [-0.1, -0.05) is 11.6 Å². The maximum Gasteiger partial charge on any atom is 0.143 e. The Morgan fingerprint density at radius 1 is 1.07 bits per heavy atom. The maximum absolute atomic E-state index is 6.63. The fraction of sp³-hybridized carbons (Fsp3) is 0.227. The summed E-state index contributed by atoms with van der Waals surface area (Å²) in [5.74, 6) is 1.23. The Kier molecular flexibility index (Phi) is 5.46. The number of rotatable bonds is 6. The second-order valence-electron chi connectivity index (χ2n) is 6.74. The number of benzene rings is 2. The van der Waals surface area contributed by atoms with Crippen LogP contribution in [0, 0.1) is 0 Å². The number of hydrogen-bond donors (Lipinski definition) is 0. The van der Waals surface area contributed by atoms with Gasteiger partial charge in [-0.2, -0.15) is 5.10 Å². The van der Waals surface area contributed by atoms with Gasteiger partial charge >= 0.3 is 0 Å². The Hall–Kier alpha value is -3.32. The highest BCUT2D eigenvalue weighted by molar-refractivity contribution is 6.35. The Labute approximate surface area is 179 Å². The number of fused-ring (bicyclic) bond motifs is 1. The zero-order chi connectivity index (χ0) is 21.3. The summed E-state index contributed by atoms with van der Waals surface area (Å²) in [6.45, 7) is 2.75. The second kappa shape index (κ2) is 8.20. The molecule has 0 spiro atoms. The van der Waals surface area contributed by atoms with Crippen LogP contribution in [0.4, 0.5) is 11.4 Å². The van der Waals surface area contributed by atoms with E-state index in [-0.39, 0.29) is 0 Å². The topological polar surface area (TPSA) is 65.3 Å². The number of methoxy groups -OCH3 is 2. The SMILES string of the molecule is CCN(c1ccc2ncc(-c3cnn(C)c3)nc2c1)c1cc(OC)cc(OC)c1Cl. The standard InChI is InChI=1S/C22H22ClN5O2/c1-5-28(20-9-16(29-3)10-21(30-4)22(20)23)15-6-7-17-18(8-15)26-19(12-24-17)14-11-25-27(2)13-14/h6-13H,5H2,1-4H3. The molecule has 0 bridgehead atoms. The van der Waals surface area contributed by atoms with Crippen LogP contribution in [-0.2, 0) is 7.05 Å². The third-order valence-electron chi connectivity index (χ3n) is 4.89. The van der Waals surface area contributed by atoms with Crippen LogP contribution in [-0.4, -0.2) is 40.5 Å². The number of halogens is 1. The van der Waals surface area contributed by atoms with Gasteiger partial charge in [0.05, 0.1) is 49.0 Å². The third-order valence-corrected chi connectivity index (χ3v) is 5.27. The monoisotopic (exact) mass is 423 g/mol. The van der Waals surface area contributed by atoms with Gasteiger partial charge in [-0.05, 0) is 25.1 Å². The summed E-state index contributed by atoms with van der Waals surface area (Å²) in [5.41, 5.74) is 5.04. The van der Waals surface area contributed by atoms with E-state index in [2.05, 4.69) is 21.9 Å². The zero-order valence-corrected chi connectivity index (χ0v) is 18.0. The molecule has 30 heavy (non-hydrogen) atoms. The van der Waals surface area contributed by atoms with Gasteiger partial charge in [-0.15, -0.1) is 0 Å². The highest BCUT2D eigenvalue weighted by Crippen LogP contribution is 2.41. The summed E-state index contributed by atoms with van der Waals surface area (Å²) in [7, 11) is 5.09. The molecule has 0 N–H and O–H groups in total. The first-order valence-corrected chi connectivity index (χ1v) is 9.86. The molecule has 154 valence electrons. The van der Waals surface area contributed by atoms with Crippen LogP contribution in [0.2, 0.25) is 5.02 Å². The van der Waals surface area contributed by atoms with Gasteiger partial charge in [-0.3, -0.25) is 9.67 Å². The van der Waals surface area contributed by atoms with Crippen molar-refractivity contribution in [3.05, 3.63) is 53.9 Å². The van der Waals surface area contributed by atoms with E-state index in [1.165, 1.54) is 0 Å². The minimum absolute atomic E-state index is 0.524. The molecule has 0 saturated heterocycles.